The predicted octanol–water partition coefficient (Wildman–Crippen LogP) is 2.58. The van der Waals surface area contributed by atoms with E-state index < -0.39 is 17.0 Å². The predicted molar refractivity (Wildman–Crippen MR) is 115 cm³/mol. The van der Waals surface area contributed by atoms with E-state index >= 15 is 0 Å². The average Bonchev–Trinajstić information content (AvgIpc) is 2.79. The zero-order valence-electron chi connectivity index (χ0n) is 17.8. The number of piperazine rings is 1. The van der Waals surface area contributed by atoms with E-state index in [4.69, 9.17) is 9.47 Å². The molecule has 32 heavy (non-hydrogen) atoms. The lowest BCUT2D eigenvalue weighted by atomic mass is 10.2. The number of benzene rings is 1. The van der Waals surface area contributed by atoms with Crippen LogP contribution in [0, 0.1) is 10.1 Å². The second kappa shape index (κ2) is 10.4. The van der Waals surface area contributed by atoms with E-state index in [1.165, 1.54) is 12.4 Å². The Morgan fingerprint density at radius 1 is 1.12 bits per heavy atom. The molecule has 170 valence electrons. The minimum atomic E-state index is -0.551. The standard InChI is InChI=1S/C20H24N6O6/c1-3-31-19(27)14-6-5-7-15(12-14)23-17-16(26(29)30)18(22-13-21-17)24-8-10-25(11-9-24)20(28)32-4-2/h5-7,12-13H,3-4,8-11H2,1-2H3,(H,21,22,23). The van der Waals surface area contributed by atoms with Crippen molar-refractivity contribution in [2.24, 2.45) is 0 Å². The number of anilines is 3. The number of esters is 1. The van der Waals surface area contributed by atoms with Crippen molar-refractivity contribution in [3.8, 4) is 0 Å². The molecular formula is C20H24N6O6. The summed E-state index contributed by atoms with van der Waals surface area (Å²) in [4.78, 5) is 46.7. The zero-order chi connectivity index (χ0) is 23.1. The lowest BCUT2D eigenvalue weighted by molar-refractivity contribution is -0.383. The summed E-state index contributed by atoms with van der Waals surface area (Å²) < 4.78 is 9.99. The average molecular weight is 444 g/mol. The zero-order valence-corrected chi connectivity index (χ0v) is 17.8. The molecule has 2 aromatic rings. The van der Waals surface area contributed by atoms with Gasteiger partial charge >= 0.3 is 17.7 Å². The number of rotatable bonds is 7. The number of ether oxygens (including phenoxy) is 2. The van der Waals surface area contributed by atoms with Gasteiger partial charge < -0.3 is 24.6 Å². The van der Waals surface area contributed by atoms with Crippen LogP contribution < -0.4 is 10.2 Å². The van der Waals surface area contributed by atoms with Gasteiger partial charge in [0, 0.05) is 31.9 Å². The molecule has 0 bridgehead atoms. The Kier molecular flexibility index (Phi) is 7.37. The van der Waals surface area contributed by atoms with Crippen molar-refractivity contribution >= 4 is 35.1 Å². The SMILES string of the molecule is CCOC(=O)c1cccc(Nc2ncnc(N3CCN(C(=O)OCC)CC3)c2[N+](=O)[O-])c1. The van der Waals surface area contributed by atoms with Crippen molar-refractivity contribution in [1.82, 2.24) is 14.9 Å². The number of hydrogen-bond donors (Lipinski definition) is 1. The van der Waals surface area contributed by atoms with Crippen LogP contribution in [0.5, 0.6) is 0 Å². The van der Waals surface area contributed by atoms with Crippen LogP contribution in [0.15, 0.2) is 30.6 Å². The summed E-state index contributed by atoms with van der Waals surface area (Å²) in [6, 6.07) is 6.41. The van der Waals surface area contributed by atoms with Gasteiger partial charge in [0.25, 0.3) is 0 Å². The highest BCUT2D eigenvalue weighted by atomic mass is 16.6. The van der Waals surface area contributed by atoms with E-state index in [2.05, 4.69) is 15.3 Å². The van der Waals surface area contributed by atoms with Crippen LogP contribution in [0.25, 0.3) is 0 Å². The van der Waals surface area contributed by atoms with Crippen LogP contribution in [-0.2, 0) is 9.47 Å². The maximum atomic E-state index is 12.0. The third-order valence-electron chi connectivity index (χ3n) is 4.73. The molecule has 1 aliphatic heterocycles. The molecule has 0 atom stereocenters. The van der Waals surface area contributed by atoms with Crippen LogP contribution >= 0.6 is 0 Å². The van der Waals surface area contributed by atoms with E-state index in [0.717, 1.165) is 0 Å². The Morgan fingerprint density at radius 2 is 1.84 bits per heavy atom. The number of nitrogens with one attached hydrogen (secondary N) is 1. The Balaban J connectivity index is 1.82. The van der Waals surface area contributed by atoms with E-state index in [-0.39, 0.29) is 30.5 Å². The van der Waals surface area contributed by atoms with E-state index in [0.29, 0.717) is 37.4 Å². The van der Waals surface area contributed by atoms with Gasteiger partial charge in [-0.1, -0.05) is 6.07 Å². The molecule has 1 aromatic heterocycles. The topological polar surface area (TPSA) is 140 Å². The molecule has 1 amide bonds. The van der Waals surface area contributed by atoms with E-state index in [1.807, 2.05) is 0 Å². The fraction of sp³-hybridized carbons (Fsp3) is 0.400. The Morgan fingerprint density at radius 3 is 2.50 bits per heavy atom. The first-order chi connectivity index (χ1) is 15.4. The van der Waals surface area contributed by atoms with Gasteiger partial charge in [-0.05, 0) is 32.0 Å². The summed E-state index contributed by atoms with van der Waals surface area (Å²) in [6.45, 7) is 5.37. The van der Waals surface area contributed by atoms with Gasteiger partial charge in [0.2, 0.25) is 11.6 Å². The number of carbonyl (C=O) groups is 2. The van der Waals surface area contributed by atoms with Crippen molar-refractivity contribution in [2.45, 2.75) is 13.8 Å². The number of nitro groups is 1. The second-order valence-corrected chi connectivity index (χ2v) is 6.75. The quantitative estimate of drug-likeness (QED) is 0.385. The van der Waals surface area contributed by atoms with Crippen LogP contribution in [0.4, 0.5) is 27.8 Å². The molecule has 1 saturated heterocycles. The summed E-state index contributed by atoms with van der Waals surface area (Å²) >= 11 is 0. The normalized spacial score (nSPS) is 13.4. The summed E-state index contributed by atoms with van der Waals surface area (Å²) in [5, 5.41) is 14.8. The molecule has 0 saturated carbocycles. The summed E-state index contributed by atoms with van der Waals surface area (Å²) in [6.07, 6.45) is 0.825. The summed E-state index contributed by atoms with van der Waals surface area (Å²) in [5.41, 5.74) is 0.456. The molecule has 12 nitrogen and oxygen atoms in total. The van der Waals surface area contributed by atoms with E-state index in [9.17, 15) is 19.7 Å². The summed E-state index contributed by atoms with van der Waals surface area (Å²) in [5.74, 6) is -0.347. The van der Waals surface area contributed by atoms with Gasteiger partial charge in [0.15, 0.2) is 0 Å². The van der Waals surface area contributed by atoms with Crippen molar-refractivity contribution < 1.29 is 24.0 Å². The van der Waals surface area contributed by atoms with Gasteiger partial charge in [-0.25, -0.2) is 19.6 Å². The van der Waals surface area contributed by atoms with E-state index in [1.54, 1.807) is 41.8 Å². The van der Waals surface area contributed by atoms with Gasteiger partial charge in [0.1, 0.15) is 6.33 Å². The smallest absolute Gasteiger partial charge is 0.409 e. The van der Waals surface area contributed by atoms with Gasteiger partial charge in [-0.3, -0.25) is 10.1 Å². The first kappa shape index (κ1) is 22.7. The molecule has 3 rings (SSSR count). The molecule has 2 heterocycles. The second-order valence-electron chi connectivity index (χ2n) is 6.75. The van der Waals surface area contributed by atoms with Crippen LogP contribution in [0.3, 0.4) is 0 Å². The Bertz CT molecular complexity index is 992. The number of nitrogens with zero attached hydrogens (tertiary/aromatic N) is 5. The maximum Gasteiger partial charge on any atom is 0.409 e. The Hall–Kier alpha value is -3.96. The van der Waals surface area contributed by atoms with Crippen molar-refractivity contribution in [2.75, 3.05) is 49.6 Å². The number of aromatic nitrogens is 2. The van der Waals surface area contributed by atoms with Crippen molar-refractivity contribution in [1.29, 1.82) is 0 Å². The highest BCUT2D eigenvalue weighted by Gasteiger charge is 2.30. The highest BCUT2D eigenvalue weighted by molar-refractivity contribution is 5.91. The third kappa shape index (κ3) is 5.20. The molecule has 0 aliphatic carbocycles. The lowest BCUT2D eigenvalue weighted by Gasteiger charge is -2.34. The van der Waals surface area contributed by atoms with Crippen LogP contribution in [-0.4, -0.2) is 71.2 Å². The molecule has 12 heteroatoms. The lowest BCUT2D eigenvalue weighted by Crippen LogP contribution is -2.49. The Labute approximate surface area is 184 Å². The number of hydrogen-bond acceptors (Lipinski definition) is 10. The highest BCUT2D eigenvalue weighted by Crippen LogP contribution is 2.34. The molecule has 1 aromatic carbocycles. The molecule has 0 unspecified atom stereocenters. The third-order valence-corrected chi connectivity index (χ3v) is 4.73. The fourth-order valence-electron chi connectivity index (χ4n) is 3.25. The van der Waals surface area contributed by atoms with Gasteiger partial charge in [-0.15, -0.1) is 0 Å². The molecular weight excluding hydrogens is 420 g/mol. The van der Waals surface area contributed by atoms with Crippen LogP contribution in [0.2, 0.25) is 0 Å². The first-order valence-electron chi connectivity index (χ1n) is 10.1. The number of carbonyl (C=O) groups excluding carboxylic acids is 2. The molecule has 1 aliphatic rings. The monoisotopic (exact) mass is 444 g/mol. The molecule has 0 radical (unpaired) electrons. The summed E-state index contributed by atoms with van der Waals surface area (Å²) in [7, 11) is 0. The minimum absolute atomic E-state index is 0.00571. The van der Waals surface area contributed by atoms with Gasteiger partial charge in [0.05, 0.1) is 23.7 Å². The fourth-order valence-corrected chi connectivity index (χ4v) is 3.25. The first-order valence-corrected chi connectivity index (χ1v) is 10.1. The van der Waals surface area contributed by atoms with Crippen molar-refractivity contribution in [3.63, 3.8) is 0 Å². The molecule has 1 N–H and O–H groups in total. The number of amides is 1. The van der Waals surface area contributed by atoms with Crippen LogP contribution in [0.1, 0.15) is 24.2 Å². The maximum absolute atomic E-state index is 12.0. The van der Waals surface area contributed by atoms with Crippen molar-refractivity contribution in [3.05, 3.63) is 46.3 Å². The molecule has 0 spiro atoms. The molecule has 1 fully saturated rings. The minimum Gasteiger partial charge on any atom is -0.462 e. The van der Waals surface area contributed by atoms with Gasteiger partial charge in [-0.2, -0.15) is 0 Å². The largest absolute Gasteiger partial charge is 0.462 e.